The molecule has 102 valence electrons. The Morgan fingerprint density at radius 2 is 1.89 bits per heavy atom. The van der Waals surface area contributed by atoms with Crippen molar-refractivity contribution in [1.29, 1.82) is 0 Å². The Labute approximate surface area is 117 Å². The number of benzene rings is 1. The Kier molecular flexibility index (Phi) is 4.90. The van der Waals surface area contributed by atoms with E-state index in [2.05, 4.69) is 27.8 Å². The SMILES string of the molecule is COC(CNc1ccc(-c2csc(C)n2)cc1)OC. The first-order chi connectivity index (χ1) is 9.22. The number of anilines is 1. The Morgan fingerprint density at radius 3 is 2.42 bits per heavy atom. The highest BCUT2D eigenvalue weighted by molar-refractivity contribution is 7.09. The van der Waals surface area contributed by atoms with Crippen LogP contribution in [0.3, 0.4) is 0 Å². The lowest BCUT2D eigenvalue weighted by Gasteiger charge is -2.14. The van der Waals surface area contributed by atoms with E-state index in [4.69, 9.17) is 9.47 Å². The molecule has 2 rings (SSSR count). The molecular weight excluding hydrogens is 260 g/mol. The smallest absolute Gasteiger partial charge is 0.173 e. The van der Waals surface area contributed by atoms with Gasteiger partial charge in [0.1, 0.15) is 0 Å². The standard InChI is InChI=1S/C14H18N2O2S/c1-10-16-13(9-19-10)11-4-6-12(7-5-11)15-8-14(17-2)18-3/h4-7,9,14-15H,8H2,1-3H3. The molecule has 5 heteroatoms. The highest BCUT2D eigenvalue weighted by atomic mass is 32.1. The third-order valence-electron chi connectivity index (χ3n) is 2.80. The van der Waals surface area contributed by atoms with Crippen LogP contribution in [-0.4, -0.2) is 32.0 Å². The molecule has 0 radical (unpaired) electrons. The van der Waals surface area contributed by atoms with Crippen LogP contribution >= 0.6 is 11.3 Å². The molecule has 0 amide bonds. The van der Waals surface area contributed by atoms with E-state index in [9.17, 15) is 0 Å². The number of rotatable bonds is 6. The molecule has 0 unspecified atom stereocenters. The van der Waals surface area contributed by atoms with Gasteiger partial charge in [0.25, 0.3) is 0 Å². The van der Waals surface area contributed by atoms with Crippen LogP contribution in [0, 0.1) is 6.92 Å². The minimum atomic E-state index is -0.235. The van der Waals surface area contributed by atoms with Gasteiger partial charge in [-0.05, 0) is 19.1 Å². The molecule has 0 bridgehead atoms. The highest BCUT2D eigenvalue weighted by Gasteiger charge is 2.05. The second-order valence-corrected chi connectivity index (χ2v) is 5.17. The first kappa shape index (κ1) is 14.0. The molecule has 0 atom stereocenters. The molecule has 2 aromatic rings. The normalized spacial score (nSPS) is 10.9. The van der Waals surface area contributed by atoms with Gasteiger partial charge in [-0.1, -0.05) is 12.1 Å². The molecule has 4 nitrogen and oxygen atoms in total. The predicted octanol–water partition coefficient (Wildman–Crippen LogP) is 3.15. The summed E-state index contributed by atoms with van der Waals surface area (Å²) in [7, 11) is 3.26. The third kappa shape index (κ3) is 3.76. The van der Waals surface area contributed by atoms with Crippen molar-refractivity contribution in [3.8, 4) is 11.3 Å². The van der Waals surface area contributed by atoms with E-state index in [1.165, 1.54) is 0 Å². The molecule has 0 aliphatic heterocycles. The van der Waals surface area contributed by atoms with E-state index in [1.54, 1.807) is 25.6 Å². The van der Waals surface area contributed by atoms with Gasteiger partial charge in [0, 0.05) is 30.9 Å². The minimum Gasteiger partial charge on any atom is -0.380 e. The van der Waals surface area contributed by atoms with E-state index in [0.29, 0.717) is 6.54 Å². The molecule has 0 saturated heterocycles. The van der Waals surface area contributed by atoms with Gasteiger partial charge in [-0.3, -0.25) is 0 Å². The lowest BCUT2D eigenvalue weighted by molar-refractivity contribution is -0.0914. The lowest BCUT2D eigenvalue weighted by atomic mass is 10.1. The number of hydrogen-bond donors (Lipinski definition) is 1. The van der Waals surface area contributed by atoms with E-state index in [-0.39, 0.29) is 6.29 Å². The van der Waals surface area contributed by atoms with Gasteiger partial charge >= 0.3 is 0 Å². The maximum absolute atomic E-state index is 5.12. The zero-order chi connectivity index (χ0) is 13.7. The van der Waals surface area contributed by atoms with Crippen LogP contribution in [0.1, 0.15) is 5.01 Å². The van der Waals surface area contributed by atoms with Crippen molar-refractivity contribution in [2.45, 2.75) is 13.2 Å². The van der Waals surface area contributed by atoms with Gasteiger partial charge in [0.2, 0.25) is 0 Å². The lowest BCUT2D eigenvalue weighted by Crippen LogP contribution is -2.23. The van der Waals surface area contributed by atoms with Gasteiger partial charge in [-0.25, -0.2) is 4.98 Å². The van der Waals surface area contributed by atoms with Crippen LogP contribution in [0.5, 0.6) is 0 Å². The van der Waals surface area contributed by atoms with Gasteiger partial charge in [-0.2, -0.15) is 0 Å². The number of ether oxygens (including phenoxy) is 2. The Morgan fingerprint density at radius 1 is 1.21 bits per heavy atom. The fraction of sp³-hybridized carbons (Fsp3) is 0.357. The predicted molar refractivity (Wildman–Crippen MR) is 78.6 cm³/mol. The minimum absolute atomic E-state index is 0.235. The monoisotopic (exact) mass is 278 g/mol. The highest BCUT2D eigenvalue weighted by Crippen LogP contribution is 2.23. The van der Waals surface area contributed by atoms with Gasteiger partial charge in [-0.15, -0.1) is 11.3 Å². The van der Waals surface area contributed by atoms with Gasteiger partial charge in [0.15, 0.2) is 6.29 Å². The van der Waals surface area contributed by atoms with E-state index < -0.39 is 0 Å². The number of aromatic nitrogens is 1. The average Bonchev–Trinajstić information content (AvgIpc) is 2.87. The third-order valence-corrected chi connectivity index (χ3v) is 3.57. The number of nitrogens with one attached hydrogen (secondary N) is 1. The summed E-state index contributed by atoms with van der Waals surface area (Å²) >= 11 is 1.66. The van der Waals surface area contributed by atoms with Crippen molar-refractivity contribution in [3.05, 3.63) is 34.7 Å². The van der Waals surface area contributed by atoms with Crippen LogP contribution in [-0.2, 0) is 9.47 Å². The zero-order valence-corrected chi connectivity index (χ0v) is 12.2. The summed E-state index contributed by atoms with van der Waals surface area (Å²) in [5.41, 5.74) is 3.19. The van der Waals surface area contributed by atoms with Crippen LogP contribution in [0.25, 0.3) is 11.3 Å². The quantitative estimate of drug-likeness (QED) is 0.824. The summed E-state index contributed by atoms with van der Waals surface area (Å²) in [6, 6.07) is 8.19. The summed E-state index contributed by atoms with van der Waals surface area (Å²) in [4.78, 5) is 4.47. The first-order valence-corrected chi connectivity index (χ1v) is 6.93. The topological polar surface area (TPSA) is 43.4 Å². The maximum atomic E-state index is 5.12. The molecular formula is C14H18N2O2S. The summed E-state index contributed by atoms with van der Waals surface area (Å²) in [5, 5.41) is 6.42. The van der Waals surface area contributed by atoms with Crippen molar-refractivity contribution in [2.24, 2.45) is 0 Å². The van der Waals surface area contributed by atoms with Crippen LogP contribution in [0.2, 0.25) is 0 Å². The van der Waals surface area contributed by atoms with Crippen molar-refractivity contribution in [3.63, 3.8) is 0 Å². The maximum Gasteiger partial charge on any atom is 0.173 e. The number of aryl methyl sites for hydroxylation is 1. The van der Waals surface area contributed by atoms with Crippen LogP contribution < -0.4 is 5.32 Å². The summed E-state index contributed by atoms with van der Waals surface area (Å²) in [6.45, 7) is 2.63. The van der Waals surface area contributed by atoms with E-state index >= 15 is 0 Å². The summed E-state index contributed by atoms with van der Waals surface area (Å²) in [6.07, 6.45) is -0.235. The van der Waals surface area contributed by atoms with Crippen molar-refractivity contribution >= 4 is 17.0 Å². The number of nitrogens with zero attached hydrogens (tertiary/aromatic N) is 1. The average molecular weight is 278 g/mol. The van der Waals surface area contributed by atoms with E-state index in [0.717, 1.165) is 22.0 Å². The van der Waals surface area contributed by atoms with Gasteiger partial charge < -0.3 is 14.8 Å². The van der Waals surface area contributed by atoms with E-state index in [1.807, 2.05) is 19.1 Å². The summed E-state index contributed by atoms with van der Waals surface area (Å²) < 4.78 is 10.2. The first-order valence-electron chi connectivity index (χ1n) is 6.05. The molecule has 0 spiro atoms. The van der Waals surface area contributed by atoms with Crippen molar-refractivity contribution in [2.75, 3.05) is 26.1 Å². The molecule has 0 aliphatic carbocycles. The fourth-order valence-corrected chi connectivity index (χ4v) is 2.34. The zero-order valence-electron chi connectivity index (χ0n) is 11.3. The molecule has 0 fully saturated rings. The molecule has 1 aromatic heterocycles. The second-order valence-electron chi connectivity index (χ2n) is 4.11. The largest absolute Gasteiger partial charge is 0.380 e. The fourth-order valence-electron chi connectivity index (χ4n) is 1.72. The molecule has 0 aliphatic rings. The molecule has 1 heterocycles. The summed E-state index contributed by atoms with van der Waals surface area (Å²) in [5.74, 6) is 0. The second kappa shape index (κ2) is 6.65. The Bertz CT molecular complexity index is 506. The molecule has 1 aromatic carbocycles. The van der Waals surface area contributed by atoms with Crippen molar-refractivity contribution in [1.82, 2.24) is 4.98 Å². The number of hydrogen-bond acceptors (Lipinski definition) is 5. The van der Waals surface area contributed by atoms with Gasteiger partial charge in [0.05, 0.1) is 17.2 Å². The molecule has 1 N–H and O–H groups in total. The van der Waals surface area contributed by atoms with Crippen LogP contribution in [0.15, 0.2) is 29.6 Å². The molecule has 19 heavy (non-hydrogen) atoms. The molecule has 0 saturated carbocycles. The Hall–Kier alpha value is -1.43. The number of methoxy groups -OCH3 is 2. The van der Waals surface area contributed by atoms with Crippen molar-refractivity contribution < 1.29 is 9.47 Å². The Balaban J connectivity index is 1.98. The number of thiazole rings is 1. The van der Waals surface area contributed by atoms with Crippen LogP contribution in [0.4, 0.5) is 5.69 Å².